The number of rotatable bonds is 2. The first-order valence-electron chi connectivity index (χ1n) is 6.18. The summed E-state index contributed by atoms with van der Waals surface area (Å²) in [5.74, 6) is 0. The Kier molecular flexibility index (Phi) is 3.47. The van der Waals surface area contributed by atoms with Crippen molar-refractivity contribution in [1.29, 1.82) is 0 Å². The van der Waals surface area contributed by atoms with Crippen molar-refractivity contribution in [1.82, 2.24) is 0 Å². The first kappa shape index (κ1) is 12.8. The lowest BCUT2D eigenvalue weighted by Gasteiger charge is -2.25. The summed E-state index contributed by atoms with van der Waals surface area (Å²) in [6, 6.07) is 12.6. The van der Waals surface area contributed by atoms with Crippen LogP contribution in [0, 0.1) is 27.7 Å². The number of nitrogens with zero attached hydrogens (tertiary/aromatic N) is 1. The second kappa shape index (κ2) is 4.89. The zero-order valence-corrected chi connectivity index (χ0v) is 11.5. The minimum absolute atomic E-state index is 1.05. The summed E-state index contributed by atoms with van der Waals surface area (Å²) in [5, 5.41) is 0. The third kappa shape index (κ3) is 2.43. The molecule has 0 aliphatic heterocycles. The molecule has 1 nitrogen and oxygen atoms in total. The molecule has 0 aliphatic carbocycles. The van der Waals surface area contributed by atoms with Gasteiger partial charge in [0.25, 0.3) is 0 Å². The van der Waals surface area contributed by atoms with E-state index in [1.54, 1.807) is 4.81 Å². The molecule has 0 aromatic heterocycles. The summed E-state index contributed by atoms with van der Waals surface area (Å²) in [6.07, 6.45) is 0. The van der Waals surface area contributed by atoms with E-state index in [1.165, 1.54) is 22.3 Å². The topological polar surface area (TPSA) is 3.24 Å². The van der Waals surface area contributed by atoms with E-state index in [-0.39, 0.29) is 0 Å². The molecule has 0 aliphatic rings. The Bertz CT molecular complexity index is 524. The highest BCUT2D eigenvalue weighted by atomic mass is 15.0. The molecular weight excluding hydrogens is 217 g/mol. The molecular formula is C16H18BN. The van der Waals surface area contributed by atoms with Crippen molar-refractivity contribution in [2.45, 2.75) is 27.7 Å². The van der Waals surface area contributed by atoms with Gasteiger partial charge in [0.05, 0.1) is 0 Å². The van der Waals surface area contributed by atoms with Crippen LogP contribution in [0.4, 0.5) is 11.4 Å². The van der Waals surface area contributed by atoms with Crippen LogP contribution in [0.15, 0.2) is 36.4 Å². The van der Waals surface area contributed by atoms with Crippen molar-refractivity contribution >= 4 is 19.4 Å². The SMILES string of the molecule is [B]N(c1ccc(C)cc1C)c1ccc(C)cc1C. The molecule has 2 aromatic rings. The first-order chi connectivity index (χ1) is 8.49. The second-order valence-corrected chi connectivity index (χ2v) is 4.95. The molecule has 2 heteroatoms. The zero-order chi connectivity index (χ0) is 13.3. The lowest BCUT2D eigenvalue weighted by Crippen LogP contribution is -2.14. The van der Waals surface area contributed by atoms with Crippen LogP contribution < -0.4 is 4.81 Å². The van der Waals surface area contributed by atoms with Crippen LogP contribution in [0.1, 0.15) is 22.3 Å². The lowest BCUT2D eigenvalue weighted by atomic mass is 10.0. The second-order valence-electron chi connectivity index (χ2n) is 4.95. The van der Waals surface area contributed by atoms with Gasteiger partial charge in [-0.25, -0.2) is 0 Å². The lowest BCUT2D eigenvalue weighted by molar-refractivity contribution is 1.28. The van der Waals surface area contributed by atoms with Crippen LogP contribution in [0.5, 0.6) is 0 Å². The van der Waals surface area contributed by atoms with Gasteiger partial charge >= 0.3 is 0 Å². The Morgan fingerprint density at radius 1 is 0.722 bits per heavy atom. The van der Waals surface area contributed by atoms with E-state index in [9.17, 15) is 0 Å². The van der Waals surface area contributed by atoms with Crippen molar-refractivity contribution in [3.63, 3.8) is 0 Å². The largest absolute Gasteiger partial charge is 0.397 e. The molecule has 0 bridgehead atoms. The maximum atomic E-state index is 6.25. The van der Waals surface area contributed by atoms with Crippen LogP contribution in [-0.4, -0.2) is 7.98 Å². The Hall–Kier alpha value is -1.70. The molecule has 0 heterocycles. The maximum absolute atomic E-state index is 6.25. The van der Waals surface area contributed by atoms with Gasteiger partial charge in [0.15, 0.2) is 0 Å². The van der Waals surface area contributed by atoms with Crippen LogP contribution in [0.2, 0.25) is 0 Å². The Morgan fingerprint density at radius 2 is 1.11 bits per heavy atom. The summed E-state index contributed by atoms with van der Waals surface area (Å²) in [5.41, 5.74) is 6.99. The fraction of sp³-hybridized carbons (Fsp3) is 0.250. The summed E-state index contributed by atoms with van der Waals surface area (Å²) in [4.78, 5) is 1.77. The molecule has 0 N–H and O–H groups in total. The molecule has 0 unspecified atom stereocenters. The molecule has 2 aromatic carbocycles. The number of aryl methyl sites for hydroxylation is 4. The Balaban J connectivity index is 2.44. The van der Waals surface area contributed by atoms with Gasteiger partial charge in [-0.1, -0.05) is 35.4 Å². The van der Waals surface area contributed by atoms with Gasteiger partial charge in [-0.15, -0.1) is 0 Å². The third-order valence-electron chi connectivity index (χ3n) is 3.22. The van der Waals surface area contributed by atoms with Gasteiger partial charge in [0.1, 0.15) is 0 Å². The van der Waals surface area contributed by atoms with E-state index < -0.39 is 0 Å². The van der Waals surface area contributed by atoms with E-state index in [4.69, 9.17) is 7.98 Å². The van der Waals surface area contributed by atoms with Crippen molar-refractivity contribution in [2.75, 3.05) is 4.81 Å². The zero-order valence-electron chi connectivity index (χ0n) is 11.5. The summed E-state index contributed by atoms with van der Waals surface area (Å²) in [6.45, 7) is 8.36. The molecule has 0 saturated carbocycles. The minimum atomic E-state index is 1.05. The molecule has 90 valence electrons. The molecule has 0 saturated heterocycles. The first-order valence-corrected chi connectivity index (χ1v) is 6.18. The van der Waals surface area contributed by atoms with Gasteiger partial charge in [0.2, 0.25) is 7.98 Å². The summed E-state index contributed by atoms with van der Waals surface area (Å²) in [7, 11) is 6.25. The van der Waals surface area contributed by atoms with Gasteiger partial charge < -0.3 is 4.81 Å². The molecule has 2 rings (SSSR count). The fourth-order valence-electron chi connectivity index (χ4n) is 2.28. The monoisotopic (exact) mass is 235 g/mol. The average Bonchev–Trinajstić information content (AvgIpc) is 2.28. The highest BCUT2D eigenvalue weighted by Gasteiger charge is 2.08. The van der Waals surface area contributed by atoms with E-state index >= 15 is 0 Å². The molecule has 0 atom stereocenters. The number of benzene rings is 2. The summed E-state index contributed by atoms with van der Waals surface area (Å²) < 4.78 is 0. The van der Waals surface area contributed by atoms with E-state index in [0.717, 1.165) is 11.4 Å². The fourth-order valence-corrected chi connectivity index (χ4v) is 2.28. The molecule has 18 heavy (non-hydrogen) atoms. The molecule has 0 fully saturated rings. The van der Waals surface area contributed by atoms with E-state index in [1.807, 2.05) is 0 Å². The van der Waals surface area contributed by atoms with Crippen molar-refractivity contribution in [3.05, 3.63) is 58.7 Å². The van der Waals surface area contributed by atoms with Gasteiger partial charge in [-0.2, -0.15) is 0 Å². The van der Waals surface area contributed by atoms with Crippen molar-refractivity contribution in [3.8, 4) is 0 Å². The van der Waals surface area contributed by atoms with Crippen molar-refractivity contribution < 1.29 is 0 Å². The summed E-state index contributed by atoms with van der Waals surface area (Å²) >= 11 is 0. The minimum Gasteiger partial charge on any atom is -0.397 e. The number of hydrogen-bond acceptors (Lipinski definition) is 1. The van der Waals surface area contributed by atoms with Crippen LogP contribution in [-0.2, 0) is 0 Å². The standard InChI is InChI=1S/C16H18BN/c1-11-5-7-15(13(3)9-11)18(17)16-8-6-12(2)10-14(16)4/h5-10H,1-4H3. The van der Waals surface area contributed by atoms with Crippen LogP contribution in [0.25, 0.3) is 0 Å². The Labute approximate surface area is 111 Å². The number of anilines is 2. The molecule has 2 radical (unpaired) electrons. The van der Waals surface area contributed by atoms with E-state index in [2.05, 4.69) is 64.1 Å². The average molecular weight is 235 g/mol. The van der Waals surface area contributed by atoms with Crippen molar-refractivity contribution in [2.24, 2.45) is 0 Å². The third-order valence-corrected chi connectivity index (χ3v) is 3.22. The maximum Gasteiger partial charge on any atom is 0.234 e. The normalized spacial score (nSPS) is 10.4. The highest BCUT2D eigenvalue weighted by Crippen LogP contribution is 2.29. The quantitative estimate of drug-likeness (QED) is 0.707. The highest BCUT2D eigenvalue weighted by molar-refractivity contribution is 6.22. The predicted molar refractivity (Wildman–Crippen MR) is 79.7 cm³/mol. The smallest absolute Gasteiger partial charge is 0.234 e. The Morgan fingerprint density at radius 3 is 1.44 bits per heavy atom. The van der Waals surface area contributed by atoms with Gasteiger partial charge in [0, 0.05) is 11.4 Å². The molecule has 0 spiro atoms. The molecule has 0 amide bonds. The van der Waals surface area contributed by atoms with E-state index in [0.29, 0.717) is 0 Å². The van der Waals surface area contributed by atoms with Gasteiger partial charge in [-0.05, 0) is 51.0 Å². The van der Waals surface area contributed by atoms with Gasteiger partial charge in [-0.3, -0.25) is 0 Å². The predicted octanol–water partition coefficient (Wildman–Crippen LogP) is 4.14. The van der Waals surface area contributed by atoms with Crippen LogP contribution >= 0.6 is 0 Å². The number of hydrogen-bond donors (Lipinski definition) is 0. The van der Waals surface area contributed by atoms with Crippen LogP contribution in [0.3, 0.4) is 0 Å².